The van der Waals surface area contributed by atoms with E-state index in [-0.39, 0.29) is 0 Å². The fourth-order valence-electron chi connectivity index (χ4n) is 3.23. The molecule has 1 N–H and O–H groups in total. The van der Waals surface area contributed by atoms with Crippen LogP contribution in [0.25, 0.3) is 11.0 Å². The van der Waals surface area contributed by atoms with Gasteiger partial charge in [0.05, 0.1) is 5.02 Å². The van der Waals surface area contributed by atoms with E-state index in [9.17, 15) is 4.48 Å². The van der Waals surface area contributed by atoms with Gasteiger partial charge in [-0.1, -0.05) is 46.4 Å². The number of nitrogens with one attached hydrogen (secondary N) is 1. The van der Waals surface area contributed by atoms with Gasteiger partial charge < -0.3 is 4.98 Å². The Hall–Kier alpha value is -2.70. The molecule has 138 valence electrons. The highest BCUT2D eigenvalue weighted by molar-refractivity contribution is 6.31. The highest BCUT2D eigenvalue weighted by Gasteiger charge is 2.23. The highest BCUT2D eigenvalue weighted by atomic mass is 35.5. The third-order valence-electron chi connectivity index (χ3n) is 4.53. The van der Waals surface area contributed by atoms with E-state index in [2.05, 4.69) is 15.0 Å². The maximum absolute atomic E-state index is 14.6. The van der Waals surface area contributed by atoms with Crippen molar-refractivity contribution < 1.29 is 4.48 Å². The molecule has 0 aliphatic carbocycles. The molecule has 0 amide bonds. The minimum absolute atomic E-state index is 0.543. The largest absolute Gasteiger partial charge is 0.346 e. The molecule has 3 aromatic rings. The summed E-state index contributed by atoms with van der Waals surface area (Å²) < 4.78 is 14.6. The Morgan fingerprint density at radius 1 is 1.30 bits per heavy atom. The van der Waals surface area contributed by atoms with Crippen LogP contribution in [0.3, 0.4) is 0 Å². The second-order valence-corrected chi connectivity index (χ2v) is 7.05. The van der Waals surface area contributed by atoms with E-state index in [0.717, 1.165) is 27.7 Å². The summed E-state index contributed by atoms with van der Waals surface area (Å²) in [6, 6.07) is 11.8. The van der Waals surface area contributed by atoms with Crippen LogP contribution < -0.4 is 0 Å². The molecular weight excluding hydrogens is 365 g/mol. The van der Waals surface area contributed by atoms with Crippen molar-refractivity contribution >= 4 is 28.8 Å². The van der Waals surface area contributed by atoms with Gasteiger partial charge in [-0.2, -0.15) is 5.12 Å². The molecule has 1 atom stereocenters. The van der Waals surface area contributed by atoms with Crippen molar-refractivity contribution in [3.63, 3.8) is 0 Å². The zero-order valence-electron chi connectivity index (χ0n) is 14.8. The Morgan fingerprint density at radius 3 is 2.89 bits per heavy atom. The van der Waals surface area contributed by atoms with Crippen LogP contribution in [0.1, 0.15) is 11.1 Å². The summed E-state index contributed by atoms with van der Waals surface area (Å²) >= 11 is 6.04. The number of H-pyrrole nitrogens is 1. The Bertz CT molecular complexity index is 998. The van der Waals surface area contributed by atoms with E-state index >= 15 is 0 Å². The van der Waals surface area contributed by atoms with Gasteiger partial charge in [0.25, 0.3) is 0 Å². The van der Waals surface area contributed by atoms with Gasteiger partial charge >= 0.3 is 0 Å². The Morgan fingerprint density at radius 2 is 2.11 bits per heavy atom. The second-order valence-electron chi connectivity index (χ2n) is 6.61. The van der Waals surface area contributed by atoms with Gasteiger partial charge in [-0.3, -0.25) is 9.89 Å². The van der Waals surface area contributed by atoms with Crippen molar-refractivity contribution in [1.82, 2.24) is 20.0 Å². The number of hydrogen-bond donors (Lipinski definition) is 1. The minimum Gasteiger partial charge on any atom is -0.346 e. The van der Waals surface area contributed by atoms with Crippen molar-refractivity contribution in [3.8, 4) is 0 Å². The molecule has 5 nitrogen and oxygen atoms in total. The fourth-order valence-corrected chi connectivity index (χ4v) is 3.39. The third kappa shape index (κ3) is 3.86. The number of aromatic amines is 1. The molecule has 0 bridgehead atoms. The molecule has 0 fully saturated rings. The third-order valence-corrected chi connectivity index (χ3v) is 4.74. The molecule has 0 saturated heterocycles. The number of pyridine rings is 1. The number of halogens is 2. The topological polar surface area (TPSA) is 47.5 Å². The van der Waals surface area contributed by atoms with E-state index in [1.165, 1.54) is 6.20 Å². The molecule has 1 unspecified atom stereocenters. The Balaban J connectivity index is 1.46. The van der Waals surface area contributed by atoms with Crippen molar-refractivity contribution in [3.05, 3.63) is 76.7 Å². The monoisotopic (exact) mass is 383 g/mol. The predicted molar refractivity (Wildman–Crippen MR) is 106 cm³/mol. The summed E-state index contributed by atoms with van der Waals surface area (Å²) in [5.41, 5.74) is 3.66. The van der Waals surface area contributed by atoms with E-state index in [0.29, 0.717) is 23.1 Å². The first kappa shape index (κ1) is 17.7. The lowest BCUT2D eigenvalue weighted by molar-refractivity contribution is -0.0398. The number of fused-ring (bicyclic) bond motifs is 1. The second kappa shape index (κ2) is 7.50. The number of hydrogen-bond acceptors (Lipinski definition) is 4. The number of aliphatic imine (C=N–C) groups is 1. The summed E-state index contributed by atoms with van der Waals surface area (Å²) in [7, 11) is 1.85. The normalized spacial score (nSPS) is 17.0. The van der Waals surface area contributed by atoms with Gasteiger partial charge in [0.1, 0.15) is 5.65 Å². The quantitative estimate of drug-likeness (QED) is 0.667. The van der Waals surface area contributed by atoms with Gasteiger partial charge in [-0.15, -0.1) is 0 Å². The zero-order valence-corrected chi connectivity index (χ0v) is 15.6. The van der Waals surface area contributed by atoms with E-state index < -0.39 is 6.29 Å². The van der Waals surface area contributed by atoms with E-state index in [4.69, 9.17) is 11.6 Å². The van der Waals surface area contributed by atoms with Gasteiger partial charge in [0.2, 0.25) is 6.29 Å². The summed E-state index contributed by atoms with van der Waals surface area (Å²) in [4.78, 5) is 13.6. The number of nitrogens with zero attached hydrogens (tertiary/aromatic N) is 4. The predicted octanol–water partition coefficient (Wildman–Crippen LogP) is 4.33. The average Bonchev–Trinajstić information content (AvgIpc) is 3.04. The Labute approximate surface area is 161 Å². The molecule has 0 radical (unpaired) electrons. The summed E-state index contributed by atoms with van der Waals surface area (Å²) in [6.07, 6.45) is 6.57. The van der Waals surface area contributed by atoms with E-state index in [1.807, 2.05) is 54.5 Å². The number of allylic oxidation sites excluding steroid dienone is 1. The van der Waals surface area contributed by atoms with Gasteiger partial charge in [0.15, 0.2) is 0 Å². The molecule has 3 heterocycles. The molecule has 1 aliphatic rings. The first-order chi connectivity index (χ1) is 13.1. The van der Waals surface area contributed by atoms with Crippen molar-refractivity contribution in [2.75, 3.05) is 7.05 Å². The van der Waals surface area contributed by atoms with Crippen LogP contribution in [-0.4, -0.2) is 39.5 Å². The van der Waals surface area contributed by atoms with Crippen molar-refractivity contribution in [2.45, 2.75) is 19.3 Å². The highest BCUT2D eigenvalue weighted by Crippen LogP contribution is 2.24. The average molecular weight is 384 g/mol. The summed E-state index contributed by atoms with van der Waals surface area (Å²) in [5.74, 6) is 0. The van der Waals surface area contributed by atoms with Crippen LogP contribution in [0.15, 0.2) is 65.6 Å². The standard InChI is InChI=1S/C20H19ClFN5/c1-26(12-14-5-3-2-4-6-14)20-25-9-15(13-27(20)22)7-16-10-23-19-18(16)8-17(21)11-24-19/h2-6,8-11,13,20H,7,12H2,1H3,(H,23,24). The fraction of sp³-hybridized carbons (Fsp3) is 0.200. The smallest absolute Gasteiger partial charge is 0.206 e. The molecule has 7 heteroatoms. The summed E-state index contributed by atoms with van der Waals surface area (Å²) in [5, 5.41) is 2.16. The van der Waals surface area contributed by atoms with Crippen molar-refractivity contribution in [2.24, 2.45) is 4.99 Å². The summed E-state index contributed by atoms with van der Waals surface area (Å²) in [6.45, 7) is 0.610. The lowest BCUT2D eigenvalue weighted by Crippen LogP contribution is -2.40. The van der Waals surface area contributed by atoms with E-state index in [1.54, 1.807) is 12.4 Å². The van der Waals surface area contributed by atoms with Crippen LogP contribution in [0.5, 0.6) is 0 Å². The molecule has 1 aromatic carbocycles. The van der Waals surface area contributed by atoms with Gasteiger partial charge in [-0.05, 0) is 29.8 Å². The van der Waals surface area contributed by atoms with Gasteiger partial charge in [0, 0.05) is 43.2 Å². The Kier molecular flexibility index (Phi) is 4.92. The number of benzene rings is 1. The van der Waals surface area contributed by atoms with Crippen LogP contribution in [0.2, 0.25) is 5.02 Å². The van der Waals surface area contributed by atoms with Crippen molar-refractivity contribution in [1.29, 1.82) is 0 Å². The SMILES string of the molecule is CN(Cc1ccccc1)C1N=CC(Cc2c[nH]c3ncc(Cl)cc23)=CN1F. The molecular formula is C20H19ClFN5. The minimum atomic E-state index is -0.673. The van der Waals surface area contributed by atoms with Crippen LogP contribution in [0.4, 0.5) is 4.48 Å². The molecule has 1 aliphatic heterocycles. The first-order valence-electron chi connectivity index (χ1n) is 8.64. The zero-order chi connectivity index (χ0) is 18.8. The lowest BCUT2D eigenvalue weighted by atomic mass is 10.1. The first-order valence-corrected chi connectivity index (χ1v) is 9.01. The molecule has 0 spiro atoms. The number of aromatic nitrogens is 2. The van der Waals surface area contributed by atoms with Gasteiger partial charge in [-0.25, -0.2) is 4.98 Å². The molecule has 2 aromatic heterocycles. The maximum Gasteiger partial charge on any atom is 0.206 e. The van der Waals surface area contributed by atoms with Crippen LogP contribution >= 0.6 is 11.6 Å². The molecule has 4 rings (SSSR count). The maximum atomic E-state index is 14.6. The lowest BCUT2D eigenvalue weighted by Gasteiger charge is -2.30. The molecule has 0 saturated carbocycles. The van der Waals surface area contributed by atoms with Crippen LogP contribution in [-0.2, 0) is 13.0 Å². The molecule has 27 heavy (non-hydrogen) atoms. The van der Waals surface area contributed by atoms with Crippen LogP contribution in [0, 0.1) is 0 Å². The number of rotatable bonds is 5.